The predicted octanol–water partition coefficient (Wildman–Crippen LogP) is 17.1. The molecule has 0 radical (unpaired) electrons. The molecule has 14 rings (SSSR count). The van der Waals surface area contributed by atoms with E-state index in [2.05, 4.69) is 264 Å². The molecular weight excluding hydrogens is 809 g/mol. The Kier molecular flexibility index (Phi) is 8.23. The third kappa shape index (κ3) is 5.39. The summed E-state index contributed by atoms with van der Waals surface area (Å²) in [7, 11) is 0. The first kappa shape index (κ1) is 37.6. The van der Waals surface area contributed by atoms with Gasteiger partial charge in [-0.1, -0.05) is 212 Å². The van der Waals surface area contributed by atoms with Crippen LogP contribution in [0.2, 0.25) is 0 Å². The van der Waals surface area contributed by atoms with E-state index in [4.69, 9.17) is 0 Å². The number of hydrogen-bond donors (Lipinski definition) is 0. The van der Waals surface area contributed by atoms with Gasteiger partial charge in [-0.2, -0.15) is 0 Å². The van der Waals surface area contributed by atoms with Crippen molar-refractivity contribution in [3.05, 3.63) is 277 Å². The molecule has 2 aliphatic rings. The average molecular weight is 851 g/mol. The molecule has 2 heterocycles. The van der Waals surface area contributed by atoms with Gasteiger partial charge in [-0.3, -0.25) is 0 Å². The molecule has 0 bridgehead atoms. The van der Waals surface area contributed by atoms with Gasteiger partial charge in [0.25, 0.3) is 0 Å². The second-order valence-corrected chi connectivity index (χ2v) is 17.9. The van der Waals surface area contributed by atoms with Crippen molar-refractivity contribution in [2.75, 3.05) is 4.90 Å². The number of rotatable bonds is 6. The van der Waals surface area contributed by atoms with Crippen LogP contribution in [0.4, 0.5) is 17.1 Å². The minimum Gasteiger partial charge on any atom is -0.309 e. The van der Waals surface area contributed by atoms with Crippen molar-refractivity contribution in [3.8, 4) is 50.2 Å². The largest absolute Gasteiger partial charge is 0.309 e. The quantitative estimate of drug-likeness (QED) is 0.162. The normalized spacial score (nSPS) is 14.3. The zero-order valence-corrected chi connectivity index (χ0v) is 36.6. The van der Waals surface area contributed by atoms with Crippen molar-refractivity contribution in [1.29, 1.82) is 0 Å². The van der Waals surface area contributed by atoms with Crippen LogP contribution in [-0.2, 0) is 5.41 Å². The number of anilines is 3. The zero-order valence-electron chi connectivity index (χ0n) is 36.6. The maximum absolute atomic E-state index is 2.53. The molecule has 0 saturated heterocycles. The number of para-hydroxylation sites is 4. The molecule has 0 N–H and O–H groups in total. The number of benzene rings is 11. The molecular formula is C65H42N2. The zero-order chi connectivity index (χ0) is 44.1. The number of aromatic nitrogens is 1. The lowest BCUT2D eigenvalue weighted by Crippen LogP contribution is -2.33. The Bertz CT molecular complexity index is 3930. The minimum absolute atomic E-state index is 0.574. The van der Waals surface area contributed by atoms with Crippen molar-refractivity contribution >= 4 is 49.6 Å². The summed E-state index contributed by atoms with van der Waals surface area (Å²) in [4.78, 5) is 2.53. The molecule has 12 aromatic rings. The first-order chi connectivity index (χ1) is 33.3. The Labute approximate surface area is 389 Å². The van der Waals surface area contributed by atoms with Crippen molar-refractivity contribution in [3.63, 3.8) is 0 Å². The van der Waals surface area contributed by atoms with Crippen molar-refractivity contribution in [2.45, 2.75) is 5.41 Å². The first-order valence-corrected chi connectivity index (χ1v) is 23.3. The van der Waals surface area contributed by atoms with Gasteiger partial charge >= 0.3 is 0 Å². The van der Waals surface area contributed by atoms with E-state index in [1.807, 2.05) is 0 Å². The SMILES string of the molecule is c1ccc(-c2cccc(-c3ccccc3N(c3ccc(-c4cccc5ccccc45)cc3)c3cccc4c3-c3ccccc3C43c4ccccc4-n4c5ccccc5c5cccc3c54)c2)cc1. The third-order valence-electron chi connectivity index (χ3n) is 14.6. The maximum Gasteiger partial charge on any atom is 0.0755 e. The summed E-state index contributed by atoms with van der Waals surface area (Å²) in [5.74, 6) is 0. The maximum atomic E-state index is 2.53. The summed E-state index contributed by atoms with van der Waals surface area (Å²) in [5, 5.41) is 5.05. The van der Waals surface area contributed by atoms with Crippen molar-refractivity contribution < 1.29 is 0 Å². The molecule has 0 fully saturated rings. The highest BCUT2D eigenvalue weighted by Gasteiger charge is 2.51. The smallest absolute Gasteiger partial charge is 0.0755 e. The lowest BCUT2D eigenvalue weighted by atomic mass is 9.65. The van der Waals surface area contributed by atoms with Gasteiger partial charge in [0, 0.05) is 27.6 Å². The molecule has 1 aromatic heterocycles. The first-order valence-electron chi connectivity index (χ1n) is 23.3. The fraction of sp³-hybridized carbons (Fsp3) is 0.0154. The van der Waals surface area contributed by atoms with Gasteiger partial charge in [-0.25, -0.2) is 0 Å². The molecule has 0 amide bonds. The molecule has 1 unspecified atom stereocenters. The molecule has 11 aromatic carbocycles. The van der Waals surface area contributed by atoms with E-state index in [0.29, 0.717) is 0 Å². The molecule has 67 heavy (non-hydrogen) atoms. The Hall–Kier alpha value is -8.72. The lowest BCUT2D eigenvalue weighted by molar-refractivity contribution is 0.748. The lowest BCUT2D eigenvalue weighted by Gasteiger charge is -2.39. The van der Waals surface area contributed by atoms with E-state index >= 15 is 0 Å². The molecule has 1 aliphatic heterocycles. The second-order valence-electron chi connectivity index (χ2n) is 17.9. The molecule has 0 saturated carbocycles. The van der Waals surface area contributed by atoms with Crippen LogP contribution < -0.4 is 4.90 Å². The monoisotopic (exact) mass is 850 g/mol. The summed E-state index contributed by atoms with van der Waals surface area (Å²) >= 11 is 0. The predicted molar refractivity (Wildman–Crippen MR) is 280 cm³/mol. The van der Waals surface area contributed by atoms with Crippen LogP contribution in [0.15, 0.2) is 255 Å². The van der Waals surface area contributed by atoms with Gasteiger partial charge in [-0.15, -0.1) is 0 Å². The Morgan fingerprint density at radius 3 is 1.81 bits per heavy atom. The molecule has 2 heteroatoms. The van der Waals surface area contributed by atoms with Crippen LogP contribution in [0, 0.1) is 0 Å². The van der Waals surface area contributed by atoms with Crippen LogP contribution in [0.25, 0.3) is 82.8 Å². The highest BCUT2D eigenvalue weighted by Crippen LogP contribution is 2.63. The van der Waals surface area contributed by atoms with E-state index in [0.717, 1.165) is 22.6 Å². The van der Waals surface area contributed by atoms with Gasteiger partial charge in [0.15, 0.2) is 0 Å². The number of nitrogens with zero attached hydrogens (tertiary/aromatic N) is 2. The number of hydrogen-bond acceptors (Lipinski definition) is 1. The second kappa shape index (κ2) is 14.7. The van der Waals surface area contributed by atoms with Gasteiger partial charge in [0.05, 0.1) is 33.5 Å². The van der Waals surface area contributed by atoms with E-state index < -0.39 is 5.41 Å². The van der Waals surface area contributed by atoms with Crippen molar-refractivity contribution in [2.24, 2.45) is 0 Å². The highest BCUT2D eigenvalue weighted by molar-refractivity contribution is 6.13. The fourth-order valence-corrected chi connectivity index (χ4v) is 11.9. The fourth-order valence-electron chi connectivity index (χ4n) is 11.9. The third-order valence-corrected chi connectivity index (χ3v) is 14.6. The Morgan fingerprint density at radius 1 is 0.328 bits per heavy atom. The van der Waals surface area contributed by atoms with Gasteiger partial charge in [0.2, 0.25) is 0 Å². The topological polar surface area (TPSA) is 8.17 Å². The average Bonchev–Trinajstić information content (AvgIpc) is 3.90. The summed E-state index contributed by atoms with van der Waals surface area (Å²) in [6.07, 6.45) is 0. The van der Waals surface area contributed by atoms with Gasteiger partial charge in [0.1, 0.15) is 0 Å². The van der Waals surface area contributed by atoms with Crippen LogP contribution in [0.5, 0.6) is 0 Å². The van der Waals surface area contributed by atoms with Crippen molar-refractivity contribution in [1.82, 2.24) is 4.57 Å². The standard InChI is InChI=1S/C65H42N2/c1-2-18-43(19-3-1)46-22-14-23-47(42-46)51-25-7-11-34-59(51)66(48-40-38-45(39-41-48)50-28-15-21-44-20-4-5-24-49(44)50)62-37-17-32-57-63(62)54-27-6-9-30-55(54)65(57)56-31-10-13-36-61(56)67-60-35-12-8-26-52(60)53-29-16-33-58(65)64(53)67/h1-42H. The van der Waals surface area contributed by atoms with Crippen LogP contribution in [-0.4, -0.2) is 4.57 Å². The van der Waals surface area contributed by atoms with Gasteiger partial charge in [-0.05, 0) is 109 Å². The van der Waals surface area contributed by atoms with E-state index in [1.54, 1.807) is 0 Å². The summed E-state index contributed by atoms with van der Waals surface area (Å²) in [6, 6.07) is 94.4. The Balaban J connectivity index is 1.05. The van der Waals surface area contributed by atoms with E-state index in [1.165, 1.54) is 99.5 Å². The van der Waals surface area contributed by atoms with Crippen LogP contribution in [0.1, 0.15) is 22.3 Å². The molecule has 2 nitrogen and oxygen atoms in total. The molecule has 1 atom stereocenters. The van der Waals surface area contributed by atoms with E-state index in [-0.39, 0.29) is 0 Å². The Morgan fingerprint density at radius 2 is 0.910 bits per heavy atom. The van der Waals surface area contributed by atoms with Crippen LogP contribution in [0.3, 0.4) is 0 Å². The summed E-state index contributed by atoms with van der Waals surface area (Å²) in [5.41, 5.74) is 21.4. The molecule has 312 valence electrons. The van der Waals surface area contributed by atoms with Crippen LogP contribution >= 0.6 is 0 Å². The van der Waals surface area contributed by atoms with E-state index in [9.17, 15) is 0 Å². The summed E-state index contributed by atoms with van der Waals surface area (Å²) in [6.45, 7) is 0. The highest BCUT2D eigenvalue weighted by atomic mass is 15.1. The summed E-state index contributed by atoms with van der Waals surface area (Å²) < 4.78 is 2.52. The number of fused-ring (bicyclic) bond motifs is 13. The minimum atomic E-state index is -0.574. The van der Waals surface area contributed by atoms with Gasteiger partial charge < -0.3 is 9.47 Å². The molecule has 1 aliphatic carbocycles. The molecule has 1 spiro atoms.